The van der Waals surface area contributed by atoms with Crippen molar-refractivity contribution >= 4 is 29.0 Å². The number of methoxy groups -OCH3 is 1. The molecule has 3 aromatic carbocycles. The topological polar surface area (TPSA) is 99.1 Å². The first-order valence-electron chi connectivity index (χ1n) is 22.1. The van der Waals surface area contributed by atoms with Crippen molar-refractivity contribution in [1.82, 2.24) is 15.0 Å². The van der Waals surface area contributed by atoms with E-state index in [4.69, 9.17) is 16.3 Å². The van der Waals surface area contributed by atoms with Gasteiger partial charge in [0.25, 0.3) is 0 Å². The number of pyridine rings is 3. The second kappa shape index (κ2) is 20.1. The van der Waals surface area contributed by atoms with Crippen LogP contribution < -0.4 is 4.74 Å². The van der Waals surface area contributed by atoms with Gasteiger partial charge in [-0.05, 0) is 144 Å². The Morgan fingerprint density at radius 3 is 1.24 bits per heavy atom. The van der Waals surface area contributed by atoms with Crippen LogP contribution in [0.2, 0.25) is 5.02 Å². The maximum absolute atomic E-state index is 13.1. The lowest BCUT2D eigenvalue weighted by Gasteiger charge is -2.29. The molecule has 7 nitrogen and oxygen atoms in total. The third-order valence-electron chi connectivity index (χ3n) is 11.4. The van der Waals surface area contributed by atoms with E-state index in [1.807, 2.05) is 72.8 Å². The van der Waals surface area contributed by atoms with E-state index in [2.05, 4.69) is 92.0 Å². The fourth-order valence-electron chi connectivity index (χ4n) is 8.26. The average Bonchev–Trinajstić information content (AvgIpc) is 3.26. The Hall–Kier alpha value is -7.18. The van der Waals surface area contributed by atoms with Crippen LogP contribution in [0.25, 0.3) is 0 Å². The Bertz CT molecular complexity index is 2980. The van der Waals surface area contributed by atoms with Gasteiger partial charge >= 0.3 is 0 Å². The molecule has 0 atom stereocenters. The minimum absolute atomic E-state index is 0.0317. The summed E-state index contributed by atoms with van der Waals surface area (Å²) in [5.41, 5.74) is 8.92. The molecule has 3 aromatic heterocycles. The molecule has 3 aliphatic rings. The minimum atomic E-state index is -0.308. The summed E-state index contributed by atoms with van der Waals surface area (Å²) in [6.45, 7) is 12.5. The zero-order chi connectivity index (χ0) is 47.9. The van der Waals surface area contributed by atoms with E-state index in [-0.39, 0.29) is 39.4 Å². The third-order valence-corrected chi connectivity index (χ3v) is 11.6. The normalized spacial score (nSPS) is 15.6. The second-order valence-corrected chi connectivity index (χ2v) is 19.8. The van der Waals surface area contributed by atoms with Gasteiger partial charge in [-0.1, -0.05) is 89.1 Å². The number of carbonyl (C=O) groups excluding carboxylic acids is 3. The van der Waals surface area contributed by atoms with Gasteiger partial charge in [0, 0.05) is 57.7 Å². The number of nitrogens with zero attached hydrogens (tertiary/aromatic N) is 3. The molecule has 0 saturated carbocycles. The third kappa shape index (κ3) is 13.0. The summed E-state index contributed by atoms with van der Waals surface area (Å²) in [4.78, 5) is 50.1. The molecule has 9 rings (SSSR count). The van der Waals surface area contributed by atoms with Crippen LogP contribution in [0.5, 0.6) is 5.75 Å². The number of ether oxygens (including phenoxy) is 1. The van der Waals surface area contributed by atoms with E-state index in [9.17, 15) is 18.8 Å². The summed E-state index contributed by atoms with van der Waals surface area (Å²) < 4.78 is 18.3. The van der Waals surface area contributed by atoms with Gasteiger partial charge < -0.3 is 4.74 Å². The van der Waals surface area contributed by atoms with Crippen molar-refractivity contribution in [3.05, 3.63) is 188 Å². The van der Waals surface area contributed by atoms with Gasteiger partial charge in [0.2, 0.25) is 0 Å². The predicted molar refractivity (Wildman–Crippen MR) is 261 cm³/mol. The van der Waals surface area contributed by atoms with Crippen LogP contribution in [-0.4, -0.2) is 39.4 Å². The number of benzene rings is 3. The monoisotopic (exact) mass is 907 g/mol. The van der Waals surface area contributed by atoms with Crippen molar-refractivity contribution in [3.8, 4) is 41.3 Å². The lowest BCUT2D eigenvalue weighted by Crippen LogP contribution is -2.28. The fourth-order valence-corrected chi connectivity index (χ4v) is 8.45. The van der Waals surface area contributed by atoms with Crippen molar-refractivity contribution in [2.24, 2.45) is 16.2 Å². The maximum Gasteiger partial charge on any atom is 0.165 e. The fraction of sp³-hybridized carbons (Fsp3) is 0.276. The molecule has 0 fully saturated rings. The molecule has 0 spiro atoms. The molecule has 67 heavy (non-hydrogen) atoms. The van der Waals surface area contributed by atoms with E-state index >= 15 is 0 Å². The van der Waals surface area contributed by atoms with Crippen LogP contribution in [0.3, 0.4) is 0 Å². The first-order chi connectivity index (χ1) is 31.8. The summed E-state index contributed by atoms with van der Waals surface area (Å²) in [6, 6.07) is 32.1. The molecule has 0 unspecified atom stereocenters. The minimum Gasteiger partial charge on any atom is -0.497 e. The van der Waals surface area contributed by atoms with Crippen LogP contribution in [0, 0.1) is 57.6 Å². The number of hydrogen-bond acceptors (Lipinski definition) is 7. The van der Waals surface area contributed by atoms with E-state index in [1.165, 1.54) is 12.1 Å². The lowest BCUT2D eigenvalue weighted by molar-refractivity contribution is 0.0900. The highest BCUT2D eigenvalue weighted by molar-refractivity contribution is 6.30. The molecule has 336 valence electrons. The molecule has 0 amide bonds. The number of rotatable bonds is 1. The molecule has 0 saturated heterocycles. The van der Waals surface area contributed by atoms with Crippen LogP contribution in [0.4, 0.5) is 4.39 Å². The van der Waals surface area contributed by atoms with Crippen LogP contribution >= 0.6 is 11.6 Å². The molecule has 0 radical (unpaired) electrons. The second-order valence-electron chi connectivity index (χ2n) is 19.4. The number of fused-ring (bicyclic) bond motifs is 3. The number of aromatic nitrogens is 3. The van der Waals surface area contributed by atoms with E-state index in [0.29, 0.717) is 52.5 Å². The molecule has 0 aliphatic heterocycles. The van der Waals surface area contributed by atoms with Gasteiger partial charge in [0.1, 0.15) is 28.6 Å². The van der Waals surface area contributed by atoms with Crippen molar-refractivity contribution in [2.75, 3.05) is 7.11 Å². The Morgan fingerprint density at radius 2 is 0.851 bits per heavy atom. The standard InChI is InChI=1S/C20H19NO2.C19H16ClNO.C19H16FNO/c1-20(2)12-18-17(19(22)13-20)10-9-15(21-18)8-7-14-5-4-6-16(11-14)23-3;2*1-19(2)11-17-16(18(22)12-19)9-8-15(21-17)7-6-13-4-3-5-14(20)10-13/h4-6,9-11H,12-13H2,1-3H3;2*3-5,8-10H,11-12H2,1-2H3. The van der Waals surface area contributed by atoms with E-state index in [0.717, 1.165) is 64.3 Å². The van der Waals surface area contributed by atoms with Gasteiger partial charge in [-0.25, -0.2) is 19.3 Å². The summed E-state index contributed by atoms with van der Waals surface area (Å²) in [6.07, 6.45) is 4.09. The SMILES string of the molecule is CC1(C)CC(=O)c2ccc(C#Cc3cccc(Cl)c3)nc2C1.CC1(C)CC(=O)c2ccc(C#Cc3cccc(F)c3)nc2C1.COc1cccc(C#Cc2ccc3c(n2)CC(C)(C)CC3=O)c1. The molecular weight excluding hydrogens is 857 g/mol. The quantitative estimate of drug-likeness (QED) is 0.152. The van der Waals surface area contributed by atoms with Crippen LogP contribution in [0.15, 0.2) is 109 Å². The summed E-state index contributed by atoms with van der Waals surface area (Å²) in [5, 5.41) is 0.664. The molecule has 0 N–H and O–H groups in total. The summed E-state index contributed by atoms with van der Waals surface area (Å²) >= 11 is 5.95. The summed E-state index contributed by atoms with van der Waals surface area (Å²) in [7, 11) is 1.64. The number of Topliss-reactive ketones (excluding diaryl/α,β-unsaturated/α-hetero) is 3. The van der Waals surface area contributed by atoms with Crippen LogP contribution in [-0.2, 0) is 19.3 Å². The zero-order valence-electron chi connectivity index (χ0n) is 38.9. The van der Waals surface area contributed by atoms with E-state index < -0.39 is 0 Å². The van der Waals surface area contributed by atoms with Gasteiger partial charge in [-0.2, -0.15) is 0 Å². The van der Waals surface area contributed by atoms with Gasteiger partial charge in [0.15, 0.2) is 17.3 Å². The highest BCUT2D eigenvalue weighted by Gasteiger charge is 2.34. The Labute approximate surface area is 398 Å². The summed E-state index contributed by atoms with van der Waals surface area (Å²) in [5.74, 6) is 19.1. The van der Waals surface area contributed by atoms with Crippen molar-refractivity contribution in [3.63, 3.8) is 0 Å². The number of ketones is 3. The van der Waals surface area contributed by atoms with Crippen molar-refractivity contribution in [2.45, 2.75) is 80.1 Å². The number of halogens is 2. The molecule has 0 bridgehead atoms. The Kier molecular flexibility index (Phi) is 14.4. The number of carbonyl (C=O) groups is 3. The van der Waals surface area contributed by atoms with Crippen molar-refractivity contribution in [1.29, 1.82) is 0 Å². The van der Waals surface area contributed by atoms with E-state index in [1.54, 1.807) is 31.4 Å². The molecular formula is C58H51ClFN3O4. The molecule has 3 heterocycles. The largest absolute Gasteiger partial charge is 0.497 e. The maximum atomic E-state index is 13.1. The molecule has 9 heteroatoms. The Balaban J connectivity index is 0.000000149. The molecule has 6 aromatic rings. The van der Waals surface area contributed by atoms with Crippen molar-refractivity contribution < 1.29 is 23.5 Å². The van der Waals surface area contributed by atoms with Crippen LogP contribution in [0.1, 0.15) is 143 Å². The first-order valence-corrected chi connectivity index (χ1v) is 22.5. The first kappa shape index (κ1) is 47.8. The van der Waals surface area contributed by atoms with Gasteiger partial charge in [-0.15, -0.1) is 0 Å². The lowest BCUT2D eigenvalue weighted by atomic mass is 9.75. The van der Waals surface area contributed by atoms with Gasteiger partial charge in [0.05, 0.1) is 24.2 Å². The highest BCUT2D eigenvalue weighted by atomic mass is 35.5. The highest BCUT2D eigenvalue weighted by Crippen LogP contribution is 2.36. The average molecular weight is 909 g/mol. The van der Waals surface area contributed by atoms with Gasteiger partial charge in [-0.3, -0.25) is 14.4 Å². The predicted octanol–water partition coefficient (Wildman–Crippen LogP) is 11.7. The zero-order valence-corrected chi connectivity index (χ0v) is 39.6. The number of hydrogen-bond donors (Lipinski definition) is 0. The molecule has 3 aliphatic carbocycles. The Morgan fingerprint density at radius 1 is 0.478 bits per heavy atom. The smallest absolute Gasteiger partial charge is 0.165 e.